The molecule has 5 nitrogen and oxygen atoms in total. The number of hydrogen-bond acceptors (Lipinski definition) is 4. The second-order valence-corrected chi connectivity index (χ2v) is 5.85. The maximum atomic E-state index is 12.4. The van der Waals surface area contributed by atoms with Crippen molar-refractivity contribution in [1.29, 1.82) is 0 Å². The average Bonchev–Trinajstić information content (AvgIpc) is 2.93. The first-order chi connectivity index (χ1) is 9.60. The molecule has 20 heavy (non-hydrogen) atoms. The van der Waals surface area contributed by atoms with Crippen LogP contribution < -0.4 is 5.32 Å². The van der Waals surface area contributed by atoms with Crippen molar-refractivity contribution in [3.8, 4) is 0 Å². The molecule has 2 unspecified atom stereocenters. The number of nitrogens with one attached hydrogen (secondary N) is 1. The lowest BCUT2D eigenvalue weighted by molar-refractivity contribution is -0.141. The Kier molecular flexibility index (Phi) is 3.20. The van der Waals surface area contributed by atoms with Crippen LogP contribution in [-0.4, -0.2) is 28.7 Å². The first-order valence-electron chi connectivity index (χ1n) is 7.08. The quantitative estimate of drug-likeness (QED) is 0.851. The summed E-state index contributed by atoms with van der Waals surface area (Å²) >= 11 is 0. The lowest BCUT2D eigenvalue weighted by Crippen LogP contribution is -2.31. The van der Waals surface area contributed by atoms with Gasteiger partial charge in [0.05, 0.1) is 18.4 Å². The van der Waals surface area contributed by atoms with Gasteiger partial charge >= 0.3 is 0 Å². The fraction of sp³-hybridized carbons (Fsp3) is 0.533. The van der Waals surface area contributed by atoms with E-state index in [0.717, 1.165) is 24.2 Å². The van der Waals surface area contributed by atoms with Gasteiger partial charge in [-0.25, -0.2) is 4.98 Å². The van der Waals surface area contributed by atoms with Crippen LogP contribution in [0.5, 0.6) is 0 Å². The van der Waals surface area contributed by atoms with Crippen LogP contribution in [0.3, 0.4) is 0 Å². The molecule has 2 aliphatic rings. The van der Waals surface area contributed by atoms with Gasteiger partial charge in [-0.3, -0.25) is 14.5 Å². The highest BCUT2D eigenvalue weighted by Crippen LogP contribution is 2.43. The zero-order valence-electron chi connectivity index (χ0n) is 11.8. The first-order valence-corrected chi connectivity index (χ1v) is 7.08. The summed E-state index contributed by atoms with van der Waals surface area (Å²) in [5.41, 5.74) is 0.930. The van der Waals surface area contributed by atoms with E-state index in [9.17, 15) is 9.59 Å². The Bertz CT molecular complexity index is 534. The Hall–Kier alpha value is -1.91. The molecular weight excluding hydrogens is 254 g/mol. The van der Waals surface area contributed by atoms with Crippen LogP contribution in [0.1, 0.15) is 25.3 Å². The largest absolute Gasteiger partial charge is 0.373 e. The van der Waals surface area contributed by atoms with Gasteiger partial charge in [-0.1, -0.05) is 6.92 Å². The fourth-order valence-corrected chi connectivity index (χ4v) is 3.39. The van der Waals surface area contributed by atoms with Gasteiger partial charge in [0.25, 0.3) is 0 Å². The molecule has 5 heteroatoms. The van der Waals surface area contributed by atoms with Gasteiger partial charge in [0.1, 0.15) is 5.82 Å². The van der Waals surface area contributed by atoms with E-state index in [1.807, 2.05) is 12.1 Å². The second-order valence-electron chi connectivity index (χ2n) is 5.85. The number of carbonyl (C=O) groups is 2. The highest BCUT2D eigenvalue weighted by Gasteiger charge is 2.51. The van der Waals surface area contributed by atoms with Crippen molar-refractivity contribution < 1.29 is 9.59 Å². The molecule has 1 saturated heterocycles. The first kappa shape index (κ1) is 13.1. The van der Waals surface area contributed by atoms with Crippen LogP contribution in [0, 0.1) is 17.8 Å². The van der Waals surface area contributed by atoms with Crippen LogP contribution in [0.25, 0.3) is 0 Å². The topological polar surface area (TPSA) is 62.3 Å². The molecule has 1 aliphatic heterocycles. The molecule has 1 aromatic heterocycles. The predicted molar refractivity (Wildman–Crippen MR) is 74.7 cm³/mol. The monoisotopic (exact) mass is 273 g/mol. The van der Waals surface area contributed by atoms with Crippen molar-refractivity contribution in [2.75, 3.05) is 12.4 Å². The van der Waals surface area contributed by atoms with Gasteiger partial charge in [0, 0.05) is 13.2 Å². The molecule has 1 aromatic rings. The SMILES string of the molecule is CNc1cc(CN2C(=O)C3CC(C)CC3C2=O)ccn1. The van der Waals surface area contributed by atoms with E-state index in [2.05, 4.69) is 17.2 Å². The Morgan fingerprint density at radius 1 is 1.30 bits per heavy atom. The third-order valence-electron chi connectivity index (χ3n) is 4.39. The molecule has 0 aromatic carbocycles. The normalized spacial score (nSPS) is 28.9. The Balaban J connectivity index is 1.78. The number of aromatic nitrogens is 1. The summed E-state index contributed by atoms with van der Waals surface area (Å²) in [5.74, 6) is 1.08. The lowest BCUT2D eigenvalue weighted by atomic mass is 10.00. The molecule has 2 heterocycles. The van der Waals surface area contributed by atoms with Crippen molar-refractivity contribution in [3.63, 3.8) is 0 Å². The average molecular weight is 273 g/mol. The number of fused-ring (bicyclic) bond motifs is 1. The summed E-state index contributed by atoms with van der Waals surface area (Å²) in [7, 11) is 1.80. The van der Waals surface area contributed by atoms with E-state index in [1.165, 1.54) is 4.90 Å². The molecule has 1 saturated carbocycles. The van der Waals surface area contributed by atoms with E-state index in [1.54, 1.807) is 13.2 Å². The summed E-state index contributed by atoms with van der Waals surface area (Å²) in [6.45, 7) is 2.47. The minimum Gasteiger partial charge on any atom is -0.373 e. The molecule has 1 N–H and O–H groups in total. The molecule has 0 radical (unpaired) electrons. The molecule has 0 spiro atoms. The Morgan fingerprint density at radius 2 is 1.95 bits per heavy atom. The van der Waals surface area contributed by atoms with E-state index < -0.39 is 0 Å². The van der Waals surface area contributed by atoms with Crippen LogP contribution in [0.2, 0.25) is 0 Å². The van der Waals surface area contributed by atoms with E-state index >= 15 is 0 Å². The zero-order chi connectivity index (χ0) is 14.3. The van der Waals surface area contributed by atoms with Gasteiger partial charge in [-0.05, 0) is 36.5 Å². The number of anilines is 1. The number of rotatable bonds is 3. The van der Waals surface area contributed by atoms with Crippen LogP contribution in [0.4, 0.5) is 5.82 Å². The number of pyridine rings is 1. The summed E-state index contributed by atoms with van der Waals surface area (Å²) in [5, 5.41) is 2.96. The van der Waals surface area contributed by atoms with Crippen molar-refractivity contribution >= 4 is 17.6 Å². The lowest BCUT2D eigenvalue weighted by Gasteiger charge is -2.17. The zero-order valence-corrected chi connectivity index (χ0v) is 11.8. The molecule has 2 atom stereocenters. The Morgan fingerprint density at radius 3 is 2.55 bits per heavy atom. The Labute approximate surface area is 118 Å². The van der Waals surface area contributed by atoms with Gasteiger partial charge in [0.15, 0.2) is 0 Å². The minimum absolute atomic E-state index is 0.00664. The third kappa shape index (κ3) is 2.07. The van der Waals surface area contributed by atoms with Gasteiger partial charge in [0.2, 0.25) is 11.8 Å². The number of imide groups is 1. The number of hydrogen-bond donors (Lipinski definition) is 1. The van der Waals surface area contributed by atoms with Crippen LogP contribution >= 0.6 is 0 Å². The molecule has 3 rings (SSSR count). The van der Waals surface area contributed by atoms with Crippen LogP contribution in [0.15, 0.2) is 18.3 Å². The number of nitrogens with zero attached hydrogens (tertiary/aromatic N) is 2. The number of likely N-dealkylation sites (tertiary alicyclic amines) is 1. The molecule has 2 fully saturated rings. The summed E-state index contributed by atoms with van der Waals surface area (Å²) in [6.07, 6.45) is 3.39. The maximum absolute atomic E-state index is 12.4. The number of carbonyl (C=O) groups excluding carboxylic acids is 2. The van der Waals surface area contributed by atoms with Gasteiger partial charge in [-0.2, -0.15) is 0 Å². The third-order valence-corrected chi connectivity index (χ3v) is 4.39. The predicted octanol–water partition coefficient (Wildman–Crippen LogP) is 1.65. The van der Waals surface area contributed by atoms with Crippen molar-refractivity contribution in [2.24, 2.45) is 17.8 Å². The molecule has 1 aliphatic carbocycles. The smallest absolute Gasteiger partial charge is 0.233 e. The highest BCUT2D eigenvalue weighted by molar-refractivity contribution is 6.05. The van der Waals surface area contributed by atoms with Crippen molar-refractivity contribution in [2.45, 2.75) is 26.3 Å². The van der Waals surface area contributed by atoms with Crippen molar-refractivity contribution in [1.82, 2.24) is 9.88 Å². The standard InChI is InChI=1S/C15H19N3O2/c1-9-5-11-12(6-9)15(20)18(14(11)19)8-10-3-4-17-13(7-10)16-2/h3-4,7,9,11-12H,5-6,8H2,1-2H3,(H,16,17). The van der Waals surface area contributed by atoms with Crippen LogP contribution in [-0.2, 0) is 16.1 Å². The summed E-state index contributed by atoms with van der Waals surface area (Å²) < 4.78 is 0. The second kappa shape index (κ2) is 4.89. The minimum atomic E-state index is -0.0805. The number of amides is 2. The van der Waals surface area contributed by atoms with Gasteiger partial charge < -0.3 is 5.32 Å². The summed E-state index contributed by atoms with van der Waals surface area (Å²) in [6, 6.07) is 3.72. The van der Waals surface area contributed by atoms with E-state index in [0.29, 0.717) is 12.5 Å². The molecular formula is C15H19N3O2. The molecule has 2 amide bonds. The van der Waals surface area contributed by atoms with E-state index in [-0.39, 0.29) is 23.7 Å². The maximum Gasteiger partial charge on any atom is 0.233 e. The molecule has 0 bridgehead atoms. The molecule has 106 valence electrons. The van der Waals surface area contributed by atoms with Crippen molar-refractivity contribution in [3.05, 3.63) is 23.9 Å². The fourth-order valence-electron chi connectivity index (χ4n) is 3.39. The highest BCUT2D eigenvalue weighted by atomic mass is 16.2. The van der Waals surface area contributed by atoms with E-state index in [4.69, 9.17) is 0 Å². The summed E-state index contributed by atoms with van der Waals surface area (Å²) in [4.78, 5) is 30.3. The van der Waals surface area contributed by atoms with Gasteiger partial charge in [-0.15, -0.1) is 0 Å².